The highest BCUT2D eigenvalue weighted by Gasteiger charge is 2.40. The smallest absolute Gasteiger partial charge is 0.389 e. The summed E-state index contributed by atoms with van der Waals surface area (Å²) in [7, 11) is -3.09. The molecule has 7 nitrogen and oxygen atoms in total. The van der Waals surface area contributed by atoms with Crippen molar-refractivity contribution in [3.63, 3.8) is 0 Å². The number of sulfone groups is 1. The van der Waals surface area contributed by atoms with Crippen molar-refractivity contribution >= 4 is 14.9 Å². The highest BCUT2D eigenvalue weighted by Crippen LogP contribution is 2.32. The number of hydrogen-bond acceptors (Lipinski definition) is 6. The van der Waals surface area contributed by atoms with Gasteiger partial charge < -0.3 is 4.84 Å². The third-order valence-corrected chi connectivity index (χ3v) is 4.81. The molecule has 0 aliphatic carbocycles. The summed E-state index contributed by atoms with van der Waals surface area (Å²) < 4.78 is 64.2. The monoisotopic (exact) mass is 353 g/mol. The molecule has 2 rings (SSSR count). The van der Waals surface area contributed by atoms with E-state index < -0.39 is 44.1 Å². The van der Waals surface area contributed by atoms with Crippen LogP contribution in [0.4, 0.5) is 13.2 Å². The summed E-state index contributed by atoms with van der Waals surface area (Å²) in [5.74, 6) is -1.12. The highest BCUT2D eigenvalue weighted by atomic mass is 32.2. The lowest BCUT2D eigenvalue weighted by Gasteiger charge is -2.14. The minimum Gasteiger partial charge on any atom is -0.389 e. The maximum Gasteiger partial charge on any atom is 0.418 e. The lowest BCUT2D eigenvalue weighted by molar-refractivity contribution is -0.138. The van der Waals surface area contributed by atoms with Crippen LogP contribution in [0.25, 0.3) is 0 Å². The average Bonchev–Trinajstić information content (AvgIpc) is 2.74. The molecule has 1 aliphatic heterocycles. The summed E-state index contributed by atoms with van der Waals surface area (Å²) >= 11 is 0. The van der Waals surface area contributed by atoms with Crippen molar-refractivity contribution in [2.45, 2.75) is 37.8 Å². The number of hydrogen-bond donors (Lipinski definition) is 0. The van der Waals surface area contributed by atoms with Gasteiger partial charge >= 0.3 is 6.18 Å². The van der Waals surface area contributed by atoms with Crippen LogP contribution >= 0.6 is 0 Å². The summed E-state index contributed by atoms with van der Waals surface area (Å²) in [5.41, 5.74) is -4.24. The van der Waals surface area contributed by atoms with Gasteiger partial charge in [0.25, 0.3) is 5.56 Å². The number of aryl methyl sites for hydroxylation is 1. The molecule has 1 aromatic heterocycles. The van der Waals surface area contributed by atoms with Gasteiger partial charge in [-0.3, -0.25) is 4.79 Å². The third kappa shape index (κ3) is 3.54. The SMILES string of the molecule is Cn1ncc(C(F)(F)F)c(CS(=O)(=O)C2=NOC(C)(C)C2)c1=O. The Kier molecular flexibility index (Phi) is 4.04. The summed E-state index contributed by atoms with van der Waals surface area (Å²) in [6, 6.07) is 0. The van der Waals surface area contributed by atoms with E-state index in [0.717, 1.165) is 7.05 Å². The van der Waals surface area contributed by atoms with Crippen LogP contribution in [-0.4, -0.2) is 28.8 Å². The van der Waals surface area contributed by atoms with Crippen molar-refractivity contribution in [2.24, 2.45) is 12.2 Å². The molecule has 0 spiro atoms. The van der Waals surface area contributed by atoms with Crippen LogP contribution in [0.3, 0.4) is 0 Å². The molecule has 0 amide bonds. The van der Waals surface area contributed by atoms with Gasteiger partial charge in [-0.1, -0.05) is 5.16 Å². The summed E-state index contributed by atoms with van der Waals surface area (Å²) in [5, 5.41) is 6.33. The van der Waals surface area contributed by atoms with E-state index in [9.17, 15) is 26.4 Å². The molecule has 0 fully saturated rings. The summed E-state index contributed by atoms with van der Waals surface area (Å²) in [6.07, 6.45) is -4.54. The fourth-order valence-corrected chi connectivity index (χ4v) is 3.56. The molecule has 23 heavy (non-hydrogen) atoms. The van der Waals surface area contributed by atoms with Gasteiger partial charge in [0, 0.05) is 19.0 Å². The molecule has 0 saturated carbocycles. The molecule has 0 N–H and O–H groups in total. The molecule has 0 atom stereocenters. The fraction of sp³-hybridized carbons (Fsp3) is 0.583. The maximum atomic E-state index is 13.0. The van der Waals surface area contributed by atoms with Crippen LogP contribution in [0.1, 0.15) is 31.4 Å². The summed E-state index contributed by atoms with van der Waals surface area (Å²) in [6.45, 7) is 3.18. The van der Waals surface area contributed by atoms with Crippen LogP contribution in [-0.2, 0) is 33.7 Å². The highest BCUT2D eigenvalue weighted by molar-refractivity contribution is 8.05. The predicted octanol–water partition coefficient (Wildman–Crippen LogP) is 1.23. The van der Waals surface area contributed by atoms with Gasteiger partial charge in [-0.15, -0.1) is 0 Å². The largest absolute Gasteiger partial charge is 0.418 e. The maximum absolute atomic E-state index is 13.0. The Morgan fingerprint density at radius 3 is 2.48 bits per heavy atom. The second-order valence-corrected chi connectivity index (χ2v) is 7.72. The lowest BCUT2D eigenvalue weighted by Crippen LogP contribution is -2.31. The number of nitrogens with zero attached hydrogens (tertiary/aromatic N) is 3. The summed E-state index contributed by atoms with van der Waals surface area (Å²) in [4.78, 5) is 16.8. The first-order valence-corrected chi connectivity index (χ1v) is 8.09. The number of rotatable bonds is 2. The van der Waals surface area contributed by atoms with Crippen molar-refractivity contribution in [1.82, 2.24) is 9.78 Å². The Morgan fingerprint density at radius 1 is 1.39 bits per heavy atom. The van der Waals surface area contributed by atoms with E-state index in [4.69, 9.17) is 4.84 Å². The van der Waals surface area contributed by atoms with E-state index in [1.165, 1.54) is 0 Å². The normalized spacial score (nSPS) is 17.7. The topological polar surface area (TPSA) is 90.6 Å². The quantitative estimate of drug-likeness (QED) is 0.797. The first-order chi connectivity index (χ1) is 10.3. The average molecular weight is 353 g/mol. The zero-order chi connectivity index (χ0) is 17.6. The Bertz CT molecular complexity index is 825. The molecular formula is C12H14F3N3O4S. The van der Waals surface area contributed by atoms with Crippen molar-refractivity contribution in [3.8, 4) is 0 Å². The van der Waals surface area contributed by atoms with Crippen molar-refractivity contribution in [3.05, 3.63) is 27.7 Å². The molecule has 2 heterocycles. The molecule has 0 unspecified atom stereocenters. The van der Waals surface area contributed by atoms with E-state index in [1.807, 2.05) is 0 Å². The number of halogens is 3. The van der Waals surface area contributed by atoms with Gasteiger partial charge in [0.05, 0.1) is 17.5 Å². The zero-order valence-corrected chi connectivity index (χ0v) is 13.3. The molecule has 0 saturated heterocycles. The third-order valence-electron chi connectivity index (χ3n) is 3.21. The molecule has 0 aromatic carbocycles. The standard InChI is InChI=1S/C12H14F3N3O4S/c1-11(2)4-9(17-22-11)23(20,21)6-7-8(12(13,14)15)5-16-18(3)10(7)19/h5H,4,6H2,1-3H3. The van der Waals surface area contributed by atoms with Gasteiger partial charge in [0.15, 0.2) is 14.9 Å². The Labute approximate surface area is 129 Å². The van der Waals surface area contributed by atoms with E-state index in [-0.39, 0.29) is 11.5 Å². The van der Waals surface area contributed by atoms with E-state index in [1.54, 1.807) is 13.8 Å². The number of aromatic nitrogens is 2. The molecule has 1 aromatic rings. The molecule has 0 bridgehead atoms. The lowest BCUT2D eigenvalue weighted by atomic mass is 10.1. The van der Waals surface area contributed by atoms with Gasteiger partial charge in [-0.2, -0.15) is 18.3 Å². The Morgan fingerprint density at radius 2 is 2.00 bits per heavy atom. The molecule has 128 valence electrons. The molecule has 0 radical (unpaired) electrons. The first kappa shape index (κ1) is 17.4. The molecular weight excluding hydrogens is 339 g/mol. The second-order valence-electron chi connectivity index (χ2n) is 5.74. The number of alkyl halides is 3. The van der Waals surface area contributed by atoms with Gasteiger partial charge in [0.1, 0.15) is 5.60 Å². The Hall–Kier alpha value is -1.91. The Balaban J connectivity index is 2.48. The number of oxime groups is 1. The van der Waals surface area contributed by atoms with E-state index >= 15 is 0 Å². The van der Waals surface area contributed by atoms with Gasteiger partial charge in [-0.05, 0) is 13.8 Å². The van der Waals surface area contributed by atoms with E-state index in [0.29, 0.717) is 10.9 Å². The van der Waals surface area contributed by atoms with Gasteiger partial charge in [0.2, 0.25) is 0 Å². The molecule has 11 heteroatoms. The van der Waals surface area contributed by atoms with E-state index in [2.05, 4.69) is 10.3 Å². The van der Waals surface area contributed by atoms with Crippen molar-refractivity contribution < 1.29 is 26.4 Å². The predicted molar refractivity (Wildman–Crippen MR) is 74.3 cm³/mol. The van der Waals surface area contributed by atoms with Crippen LogP contribution < -0.4 is 5.56 Å². The van der Waals surface area contributed by atoms with Gasteiger partial charge in [-0.25, -0.2) is 13.1 Å². The zero-order valence-electron chi connectivity index (χ0n) is 12.5. The van der Waals surface area contributed by atoms with Crippen molar-refractivity contribution in [2.75, 3.05) is 0 Å². The first-order valence-electron chi connectivity index (χ1n) is 6.44. The van der Waals surface area contributed by atoms with Crippen LogP contribution in [0.5, 0.6) is 0 Å². The minimum absolute atomic E-state index is 0.0813. The van der Waals surface area contributed by atoms with Crippen LogP contribution in [0.15, 0.2) is 16.1 Å². The van der Waals surface area contributed by atoms with Crippen LogP contribution in [0, 0.1) is 0 Å². The van der Waals surface area contributed by atoms with Crippen molar-refractivity contribution in [1.29, 1.82) is 0 Å². The van der Waals surface area contributed by atoms with Crippen LogP contribution in [0.2, 0.25) is 0 Å². The molecule has 1 aliphatic rings. The minimum atomic E-state index is -4.89. The second kappa shape index (κ2) is 5.32. The fourth-order valence-electron chi connectivity index (χ4n) is 2.01.